The van der Waals surface area contributed by atoms with Crippen LogP contribution in [0.2, 0.25) is 0 Å². The van der Waals surface area contributed by atoms with Gasteiger partial charge in [0.15, 0.2) is 0 Å². The average molecular weight is 421 g/mol. The minimum atomic E-state index is -0.456. The Kier molecular flexibility index (Phi) is 6.69. The first-order valence-corrected chi connectivity index (χ1v) is 9.98. The molecule has 1 saturated heterocycles. The maximum atomic E-state index is 12.7. The predicted octanol–water partition coefficient (Wildman–Crippen LogP) is 2.83. The Hall–Kier alpha value is -3.68. The zero-order valence-electron chi connectivity index (χ0n) is 17.9. The van der Waals surface area contributed by atoms with E-state index in [0.29, 0.717) is 42.9 Å². The molecule has 0 saturated carbocycles. The summed E-state index contributed by atoms with van der Waals surface area (Å²) >= 11 is 0. The third-order valence-corrected chi connectivity index (χ3v) is 5.29. The van der Waals surface area contributed by atoms with E-state index in [4.69, 9.17) is 0 Å². The van der Waals surface area contributed by atoms with Gasteiger partial charge in [-0.15, -0.1) is 0 Å². The molecular weight excluding hydrogens is 396 g/mol. The van der Waals surface area contributed by atoms with Gasteiger partial charge < -0.3 is 14.7 Å². The van der Waals surface area contributed by atoms with E-state index < -0.39 is 4.92 Å². The van der Waals surface area contributed by atoms with Gasteiger partial charge in [-0.3, -0.25) is 19.7 Å². The Morgan fingerprint density at radius 2 is 1.74 bits per heavy atom. The molecule has 2 amide bonds. The van der Waals surface area contributed by atoms with Crippen LogP contribution in [-0.4, -0.2) is 66.8 Å². The second kappa shape index (κ2) is 9.42. The molecule has 8 heteroatoms. The van der Waals surface area contributed by atoms with Crippen molar-refractivity contribution >= 4 is 29.3 Å². The van der Waals surface area contributed by atoms with E-state index in [0.717, 1.165) is 5.69 Å². The van der Waals surface area contributed by atoms with Gasteiger partial charge in [0.25, 0.3) is 5.69 Å². The van der Waals surface area contributed by atoms with E-state index in [1.54, 1.807) is 21.9 Å². The molecule has 0 aromatic heterocycles. The fourth-order valence-corrected chi connectivity index (χ4v) is 3.65. The Morgan fingerprint density at radius 1 is 1.10 bits per heavy atom. The van der Waals surface area contributed by atoms with Crippen molar-refractivity contribution in [1.29, 1.82) is 0 Å². The van der Waals surface area contributed by atoms with Crippen LogP contribution in [0.1, 0.15) is 12.5 Å². The molecule has 0 spiro atoms. The Bertz CT molecular complexity index is 1020. The Balaban J connectivity index is 1.94. The topological polar surface area (TPSA) is 87.0 Å². The summed E-state index contributed by atoms with van der Waals surface area (Å²) in [4.78, 5) is 40.7. The van der Waals surface area contributed by atoms with Crippen LogP contribution in [0.3, 0.4) is 0 Å². The fraction of sp³-hybridized carbons (Fsp3) is 0.304. The maximum absolute atomic E-state index is 12.7. The first kappa shape index (κ1) is 22.0. The summed E-state index contributed by atoms with van der Waals surface area (Å²) in [5.41, 5.74) is 2.36. The van der Waals surface area contributed by atoms with Crippen molar-refractivity contribution < 1.29 is 14.5 Å². The molecule has 1 aliphatic rings. The standard InChI is InChI=1S/C23H25N4O4/c1-17(28)25-13-15-26(16-14-25)22(29)12-11-18-7-6-10-21(27(30)31)23(18)19-8-4-5-9-20(19)24(2)3/h4-9,11-12H,13-16H2,1-3H3/b12-11+. The summed E-state index contributed by atoms with van der Waals surface area (Å²) < 4.78 is 0. The fourth-order valence-electron chi connectivity index (χ4n) is 3.65. The summed E-state index contributed by atoms with van der Waals surface area (Å²) in [6.45, 7) is 3.44. The molecule has 2 aromatic rings. The molecule has 0 N–H and O–H groups in total. The summed E-state index contributed by atoms with van der Waals surface area (Å²) in [5, 5.41) is 11.7. The summed E-state index contributed by atoms with van der Waals surface area (Å²) in [6.07, 6.45) is 3.05. The SMILES string of the molecule is CC(=O)N1CCN(C(=O)/C=C/c2cc[c]c([N+](=O)[O-])c2-c2ccccc2N(C)C)CC1. The van der Waals surface area contributed by atoms with Crippen molar-refractivity contribution in [3.8, 4) is 11.1 Å². The lowest BCUT2D eigenvalue weighted by Crippen LogP contribution is -2.49. The average Bonchev–Trinajstić information content (AvgIpc) is 2.77. The van der Waals surface area contributed by atoms with Crippen LogP contribution in [0.25, 0.3) is 17.2 Å². The molecule has 1 aliphatic heterocycles. The second-order valence-corrected chi connectivity index (χ2v) is 7.49. The number of benzene rings is 2. The number of piperazine rings is 1. The third kappa shape index (κ3) is 4.91. The molecule has 2 aromatic carbocycles. The highest BCUT2D eigenvalue weighted by atomic mass is 16.6. The molecule has 1 fully saturated rings. The number of carbonyl (C=O) groups is 2. The number of amides is 2. The monoisotopic (exact) mass is 421 g/mol. The number of hydrogen-bond acceptors (Lipinski definition) is 5. The molecule has 161 valence electrons. The van der Waals surface area contributed by atoms with Crippen LogP contribution >= 0.6 is 0 Å². The van der Waals surface area contributed by atoms with Gasteiger partial charge in [-0.2, -0.15) is 0 Å². The number of nitro groups is 1. The van der Waals surface area contributed by atoms with Crippen molar-refractivity contribution in [1.82, 2.24) is 9.80 Å². The quantitative estimate of drug-likeness (QED) is 0.421. The van der Waals surface area contributed by atoms with Gasteiger partial charge in [0.05, 0.1) is 16.6 Å². The van der Waals surface area contributed by atoms with Gasteiger partial charge in [-0.25, -0.2) is 0 Å². The Morgan fingerprint density at radius 3 is 2.35 bits per heavy atom. The Labute approximate surface area is 181 Å². The van der Waals surface area contributed by atoms with Gasteiger partial charge in [0.2, 0.25) is 11.8 Å². The minimum absolute atomic E-state index is 0.000291. The second-order valence-electron chi connectivity index (χ2n) is 7.49. The van der Waals surface area contributed by atoms with Crippen molar-refractivity contribution in [2.75, 3.05) is 45.2 Å². The van der Waals surface area contributed by atoms with Crippen molar-refractivity contribution in [2.45, 2.75) is 6.92 Å². The van der Waals surface area contributed by atoms with E-state index in [-0.39, 0.29) is 17.5 Å². The van der Waals surface area contributed by atoms with Crippen LogP contribution in [0.5, 0.6) is 0 Å². The highest BCUT2D eigenvalue weighted by Crippen LogP contribution is 2.38. The normalized spacial score (nSPS) is 14.0. The van der Waals surface area contributed by atoms with Gasteiger partial charge in [-0.05, 0) is 23.8 Å². The molecule has 1 radical (unpaired) electrons. The van der Waals surface area contributed by atoms with Crippen molar-refractivity contribution in [3.63, 3.8) is 0 Å². The van der Waals surface area contributed by atoms with Crippen LogP contribution in [0, 0.1) is 16.2 Å². The lowest BCUT2D eigenvalue weighted by atomic mass is 9.95. The molecule has 0 atom stereocenters. The smallest absolute Gasteiger partial charge is 0.285 e. The highest BCUT2D eigenvalue weighted by Gasteiger charge is 2.23. The molecule has 31 heavy (non-hydrogen) atoms. The van der Waals surface area contributed by atoms with E-state index in [2.05, 4.69) is 6.07 Å². The number of nitro benzene ring substituents is 1. The van der Waals surface area contributed by atoms with E-state index in [1.165, 1.54) is 19.1 Å². The maximum Gasteiger partial charge on any atom is 0.285 e. The van der Waals surface area contributed by atoms with E-state index in [1.807, 2.05) is 43.3 Å². The molecule has 3 rings (SSSR count). The molecular formula is C23H25N4O4. The molecule has 0 unspecified atom stereocenters. The summed E-state index contributed by atoms with van der Waals surface area (Å²) in [6, 6.07) is 13.3. The lowest BCUT2D eigenvalue weighted by molar-refractivity contribution is -0.384. The van der Waals surface area contributed by atoms with Gasteiger partial charge in [-0.1, -0.05) is 24.3 Å². The largest absolute Gasteiger partial charge is 0.377 e. The van der Waals surface area contributed by atoms with E-state index >= 15 is 0 Å². The molecule has 1 heterocycles. The number of nitrogens with zero attached hydrogens (tertiary/aromatic N) is 4. The van der Waals surface area contributed by atoms with Crippen LogP contribution in [0.4, 0.5) is 11.4 Å². The number of para-hydroxylation sites is 1. The van der Waals surface area contributed by atoms with Crippen molar-refractivity contribution in [2.24, 2.45) is 0 Å². The molecule has 8 nitrogen and oxygen atoms in total. The number of anilines is 1. The lowest BCUT2D eigenvalue weighted by Gasteiger charge is -2.33. The summed E-state index contributed by atoms with van der Waals surface area (Å²) in [5.74, 6) is -0.190. The number of hydrogen-bond donors (Lipinski definition) is 0. The van der Waals surface area contributed by atoms with E-state index in [9.17, 15) is 19.7 Å². The van der Waals surface area contributed by atoms with Crippen LogP contribution in [-0.2, 0) is 9.59 Å². The number of carbonyl (C=O) groups excluding carboxylic acids is 2. The van der Waals surface area contributed by atoms with Crippen LogP contribution in [0.15, 0.2) is 42.5 Å². The zero-order valence-corrected chi connectivity index (χ0v) is 17.9. The highest BCUT2D eigenvalue weighted by molar-refractivity contribution is 5.96. The van der Waals surface area contributed by atoms with Gasteiger partial charge in [0.1, 0.15) is 0 Å². The summed E-state index contributed by atoms with van der Waals surface area (Å²) in [7, 11) is 3.74. The third-order valence-electron chi connectivity index (χ3n) is 5.29. The predicted molar refractivity (Wildman–Crippen MR) is 120 cm³/mol. The first-order chi connectivity index (χ1) is 14.8. The van der Waals surface area contributed by atoms with Gasteiger partial charge in [0, 0.05) is 64.5 Å². The number of rotatable bonds is 5. The zero-order chi connectivity index (χ0) is 22.5. The molecule has 0 bridgehead atoms. The van der Waals surface area contributed by atoms with Gasteiger partial charge >= 0.3 is 0 Å². The van der Waals surface area contributed by atoms with Crippen LogP contribution < -0.4 is 4.90 Å². The first-order valence-electron chi connectivity index (χ1n) is 9.98. The van der Waals surface area contributed by atoms with Crippen molar-refractivity contribution in [3.05, 3.63) is 64.2 Å². The minimum Gasteiger partial charge on any atom is -0.377 e. The molecule has 0 aliphatic carbocycles.